The number of carbonyl (C=O) groups is 1. The fourth-order valence-electron chi connectivity index (χ4n) is 4.06. The smallest absolute Gasteiger partial charge is 0.416 e. The van der Waals surface area contributed by atoms with Crippen LogP contribution in [0.25, 0.3) is 5.57 Å². The van der Waals surface area contributed by atoms with Crippen molar-refractivity contribution in [2.45, 2.75) is 12.5 Å². The van der Waals surface area contributed by atoms with Crippen LogP contribution in [-0.4, -0.2) is 45.0 Å². The summed E-state index contributed by atoms with van der Waals surface area (Å²) in [6, 6.07) is 19.6. The van der Waals surface area contributed by atoms with E-state index in [0.29, 0.717) is 48.4 Å². The molecule has 7 nitrogen and oxygen atoms in total. The maximum atomic E-state index is 13.3. The Bertz CT molecular complexity index is 1210. The molecule has 1 aliphatic rings. The van der Waals surface area contributed by atoms with Crippen molar-refractivity contribution in [3.8, 4) is 17.2 Å². The van der Waals surface area contributed by atoms with Crippen LogP contribution in [0.5, 0.6) is 17.2 Å². The molecule has 3 aromatic carbocycles. The Morgan fingerprint density at radius 2 is 1.67 bits per heavy atom. The van der Waals surface area contributed by atoms with Gasteiger partial charge in [-0.1, -0.05) is 29.8 Å². The molecule has 4 rings (SSSR count). The van der Waals surface area contributed by atoms with Gasteiger partial charge in [0.25, 0.3) is 0 Å². The van der Waals surface area contributed by atoms with Crippen LogP contribution in [0.2, 0.25) is 5.02 Å². The second-order valence-corrected chi connectivity index (χ2v) is 8.70. The van der Waals surface area contributed by atoms with E-state index in [2.05, 4.69) is 0 Å². The highest BCUT2D eigenvalue weighted by molar-refractivity contribution is 6.30. The minimum absolute atomic E-state index is 0.370. The van der Waals surface area contributed by atoms with E-state index in [4.69, 9.17) is 36.3 Å². The van der Waals surface area contributed by atoms with E-state index in [0.717, 1.165) is 22.4 Å². The largest absolute Gasteiger partial charge is 0.497 e. The van der Waals surface area contributed by atoms with Crippen LogP contribution in [0, 0.1) is 0 Å². The lowest BCUT2D eigenvalue weighted by Gasteiger charge is -2.34. The van der Waals surface area contributed by atoms with E-state index in [1.165, 1.54) is 0 Å². The van der Waals surface area contributed by atoms with Crippen molar-refractivity contribution in [2.75, 3.05) is 39.7 Å². The number of nitrogen functional groups attached to an aromatic ring is 1. The Morgan fingerprint density at radius 3 is 2.36 bits per heavy atom. The number of ether oxygens (including phenoxy) is 4. The van der Waals surface area contributed by atoms with E-state index in [9.17, 15) is 4.79 Å². The first kappa shape index (κ1) is 25.4. The molecule has 0 saturated heterocycles. The molecule has 1 unspecified atom stereocenters. The molecule has 0 aliphatic carbocycles. The lowest BCUT2D eigenvalue weighted by molar-refractivity contribution is 0.139. The fraction of sp³-hybridized carbons (Fsp3) is 0.250. The lowest BCUT2D eigenvalue weighted by atomic mass is 9.91. The molecule has 1 aliphatic heterocycles. The number of halogens is 1. The van der Waals surface area contributed by atoms with E-state index in [-0.39, 0.29) is 6.04 Å². The second kappa shape index (κ2) is 11.8. The normalized spacial score (nSPS) is 15.2. The zero-order valence-electron chi connectivity index (χ0n) is 20.3. The number of nitrogens with zero attached hydrogens (tertiary/aromatic N) is 1. The van der Waals surface area contributed by atoms with E-state index in [1.807, 2.05) is 36.4 Å². The zero-order valence-corrected chi connectivity index (χ0v) is 21.0. The van der Waals surface area contributed by atoms with Crippen molar-refractivity contribution < 1.29 is 23.7 Å². The van der Waals surface area contributed by atoms with Gasteiger partial charge in [0, 0.05) is 29.9 Å². The van der Waals surface area contributed by atoms with Crippen LogP contribution in [-0.2, 0) is 4.74 Å². The molecule has 2 N–H and O–H groups in total. The fourth-order valence-corrected chi connectivity index (χ4v) is 4.24. The molecule has 1 atom stereocenters. The minimum Gasteiger partial charge on any atom is -0.497 e. The molecule has 188 valence electrons. The molecule has 8 heteroatoms. The summed E-state index contributed by atoms with van der Waals surface area (Å²) in [7, 11) is 3.22. The first-order valence-corrected chi connectivity index (χ1v) is 12.0. The molecule has 0 bridgehead atoms. The van der Waals surface area contributed by atoms with Gasteiger partial charge in [-0.2, -0.15) is 0 Å². The summed E-state index contributed by atoms with van der Waals surface area (Å²) < 4.78 is 21.6. The van der Waals surface area contributed by atoms with Gasteiger partial charge in [0.1, 0.15) is 23.9 Å². The maximum absolute atomic E-state index is 13.3. The molecule has 3 aromatic rings. The van der Waals surface area contributed by atoms with Gasteiger partial charge >= 0.3 is 6.09 Å². The van der Waals surface area contributed by atoms with Crippen LogP contribution in [0.1, 0.15) is 23.6 Å². The number of methoxy groups -OCH3 is 2. The van der Waals surface area contributed by atoms with Gasteiger partial charge in [-0.05, 0) is 72.2 Å². The van der Waals surface area contributed by atoms with Gasteiger partial charge in [0.2, 0.25) is 0 Å². The Balaban J connectivity index is 1.63. The number of anilines is 1. The molecule has 1 amide bonds. The standard InChI is InChI=1S/C28H29ClN2O5/c1-33-15-16-35-23-6-3-19(4-7-23)27-17-20(25-18-21(29)5-12-26(25)30)13-14-31(27)28(32)36-24-10-8-22(34-2)9-11-24/h3-12,17-18,27H,13-16,30H2,1-2H3. The van der Waals surface area contributed by atoms with Crippen molar-refractivity contribution in [1.29, 1.82) is 0 Å². The average Bonchev–Trinajstić information content (AvgIpc) is 2.90. The van der Waals surface area contributed by atoms with E-state index < -0.39 is 6.09 Å². The highest BCUT2D eigenvalue weighted by atomic mass is 35.5. The molecule has 0 radical (unpaired) electrons. The molecular formula is C28H29ClN2O5. The molecule has 1 heterocycles. The third-order valence-electron chi connectivity index (χ3n) is 5.96. The van der Waals surface area contributed by atoms with Gasteiger partial charge in [0.05, 0.1) is 19.8 Å². The van der Waals surface area contributed by atoms with Gasteiger partial charge in [0.15, 0.2) is 0 Å². The summed E-state index contributed by atoms with van der Waals surface area (Å²) in [6.07, 6.45) is 2.21. The SMILES string of the molecule is COCCOc1ccc(C2C=C(c3cc(Cl)ccc3N)CCN2C(=O)Oc2ccc(OC)cc2)cc1. The molecule has 0 fully saturated rings. The molecule has 0 aromatic heterocycles. The number of carbonyl (C=O) groups excluding carboxylic acids is 1. The summed E-state index contributed by atoms with van der Waals surface area (Å²) >= 11 is 6.25. The Hall–Kier alpha value is -3.68. The average molecular weight is 509 g/mol. The monoisotopic (exact) mass is 508 g/mol. The third kappa shape index (κ3) is 6.11. The Labute approximate surface area is 216 Å². The van der Waals surface area contributed by atoms with Gasteiger partial charge < -0.3 is 24.7 Å². The quantitative estimate of drug-likeness (QED) is 0.297. The molecule has 36 heavy (non-hydrogen) atoms. The number of amides is 1. The predicted molar refractivity (Wildman–Crippen MR) is 141 cm³/mol. The summed E-state index contributed by atoms with van der Waals surface area (Å²) in [6.45, 7) is 1.41. The van der Waals surface area contributed by atoms with Crippen molar-refractivity contribution >= 4 is 29.0 Å². The first-order valence-electron chi connectivity index (χ1n) is 11.6. The first-order chi connectivity index (χ1) is 17.5. The number of benzene rings is 3. The van der Waals surface area contributed by atoms with Crippen LogP contribution in [0.3, 0.4) is 0 Å². The number of rotatable bonds is 8. The topological polar surface area (TPSA) is 83.3 Å². The molecule has 0 spiro atoms. The van der Waals surface area contributed by atoms with Crippen LogP contribution < -0.4 is 19.9 Å². The van der Waals surface area contributed by atoms with Crippen LogP contribution >= 0.6 is 11.6 Å². The van der Waals surface area contributed by atoms with E-state index >= 15 is 0 Å². The summed E-state index contributed by atoms with van der Waals surface area (Å²) in [5.74, 6) is 1.85. The highest BCUT2D eigenvalue weighted by Gasteiger charge is 2.30. The minimum atomic E-state index is -0.444. The highest BCUT2D eigenvalue weighted by Crippen LogP contribution is 2.37. The van der Waals surface area contributed by atoms with Crippen molar-refractivity contribution in [3.63, 3.8) is 0 Å². The van der Waals surface area contributed by atoms with E-state index in [1.54, 1.807) is 55.5 Å². The maximum Gasteiger partial charge on any atom is 0.416 e. The molecule has 0 saturated carbocycles. The Kier molecular flexibility index (Phi) is 8.36. The lowest BCUT2D eigenvalue weighted by Crippen LogP contribution is -2.39. The molecular weight excluding hydrogens is 480 g/mol. The van der Waals surface area contributed by atoms with Gasteiger partial charge in [-0.15, -0.1) is 0 Å². The van der Waals surface area contributed by atoms with Gasteiger partial charge in [-0.3, -0.25) is 4.90 Å². The van der Waals surface area contributed by atoms with Crippen LogP contribution in [0.4, 0.5) is 10.5 Å². The van der Waals surface area contributed by atoms with Gasteiger partial charge in [-0.25, -0.2) is 4.79 Å². The summed E-state index contributed by atoms with van der Waals surface area (Å²) in [5.41, 5.74) is 9.71. The zero-order chi connectivity index (χ0) is 25.5. The van der Waals surface area contributed by atoms with Crippen LogP contribution in [0.15, 0.2) is 72.8 Å². The van der Waals surface area contributed by atoms with Crippen molar-refractivity contribution in [1.82, 2.24) is 4.90 Å². The van der Waals surface area contributed by atoms with Crippen molar-refractivity contribution in [2.24, 2.45) is 0 Å². The number of hydrogen-bond donors (Lipinski definition) is 1. The summed E-state index contributed by atoms with van der Waals surface area (Å²) in [5, 5.41) is 0.607. The number of hydrogen-bond acceptors (Lipinski definition) is 6. The van der Waals surface area contributed by atoms with Crippen molar-refractivity contribution in [3.05, 3.63) is 89.0 Å². The number of nitrogens with two attached hydrogens (primary N) is 1. The Morgan fingerprint density at radius 1 is 0.972 bits per heavy atom. The summed E-state index contributed by atoms with van der Waals surface area (Å²) in [4.78, 5) is 15.0. The predicted octanol–water partition coefficient (Wildman–Crippen LogP) is 5.99. The third-order valence-corrected chi connectivity index (χ3v) is 6.19. The second-order valence-electron chi connectivity index (χ2n) is 8.27.